The summed E-state index contributed by atoms with van der Waals surface area (Å²) in [6.45, 7) is 5.73. The Balaban J connectivity index is 1.47. The topological polar surface area (TPSA) is 42.2 Å². The predicted octanol–water partition coefficient (Wildman–Crippen LogP) is 3.12. The Morgan fingerprint density at radius 3 is 2.87 bits per heavy atom. The Kier molecular flexibility index (Phi) is 3.62. The smallest absolute Gasteiger partial charge is 0.161 e. The molecule has 0 bridgehead atoms. The molecule has 4 nitrogen and oxygen atoms in total. The Hall–Kier alpha value is -2.20. The highest BCUT2D eigenvalue weighted by Crippen LogP contribution is 2.22. The molecule has 0 amide bonds. The van der Waals surface area contributed by atoms with Crippen molar-refractivity contribution in [2.24, 2.45) is 0 Å². The van der Waals surface area contributed by atoms with Crippen LogP contribution in [-0.2, 0) is 25.9 Å². The van der Waals surface area contributed by atoms with E-state index < -0.39 is 0 Å². The molecule has 0 radical (unpaired) electrons. The third-order valence-corrected chi connectivity index (χ3v) is 4.68. The summed E-state index contributed by atoms with van der Waals surface area (Å²) < 4.78 is 2.05. The van der Waals surface area contributed by atoms with E-state index in [2.05, 4.69) is 50.9 Å². The second-order valence-electron chi connectivity index (χ2n) is 6.48. The number of rotatable bonds is 4. The third-order valence-electron chi connectivity index (χ3n) is 4.68. The van der Waals surface area contributed by atoms with Gasteiger partial charge in [0.15, 0.2) is 5.65 Å². The molecule has 4 heteroatoms. The molecule has 0 aliphatic heterocycles. The summed E-state index contributed by atoms with van der Waals surface area (Å²) in [6.07, 6.45) is 5.64. The van der Waals surface area contributed by atoms with Crippen LogP contribution in [0.3, 0.4) is 0 Å². The second-order valence-corrected chi connectivity index (χ2v) is 6.48. The highest BCUT2D eigenvalue weighted by molar-refractivity contribution is 5.46. The average Bonchev–Trinajstić information content (AvgIpc) is 3.14. The zero-order valence-electron chi connectivity index (χ0n) is 13.8. The normalized spacial score (nSPS) is 13.7. The minimum Gasteiger partial charge on any atom is -0.307 e. The number of aromatic nitrogens is 3. The first-order valence-electron chi connectivity index (χ1n) is 8.32. The molecular weight excluding hydrogens is 284 g/mol. The van der Waals surface area contributed by atoms with Gasteiger partial charge in [-0.1, -0.05) is 18.2 Å². The van der Waals surface area contributed by atoms with Crippen LogP contribution < -0.4 is 5.32 Å². The van der Waals surface area contributed by atoms with Gasteiger partial charge >= 0.3 is 0 Å². The zero-order chi connectivity index (χ0) is 15.8. The maximum absolute atomic E-state index is 4.63. The number of aryl methyl sites for hydroxylation is 4. The van der Waals surface area contributed by atoms with Gasteiger partial charge in [0, 0.05) is 24.5 Å². The Morgan fingerprint density at radius 1 is 1.09 bits per heavy atom. The number of nitrogens with zero attached hydrogens (tertiary/aromatic N) is 3. The van der Waals surface area contributed by atoms with Crippen molar-refractivity contribution in [3.8, 4) is 0 Å². The van der Waals surface area contributed by atoms with Crippen LogP contribution in [0.4, 0.5) is 0 Å². The third kappa shape index (κ3) is 2.75. The Labute approximate surface area is 136 Å². The van der Waals surface area contributed by atoms with Crippen molar-refractivity contribution in [3.63, 3.8) is 0 Å². The highest BCUT2D eigenvalue weighted by Gasteiger charge is 2.11. The van der Waals surface area contributed by atoms with E-state index in [1.807, 2.05) is 13.3 Å². The van der Waals surface area contributed by atoms with E-state index in [0.29, 0.717) is 0 Å². The molecule has 4 rings (SSSR count). The fraction of sp³-hybridized carbons (Fsp3) is 0.368. The molecule has 1 aliphatic rings. The molecule has 2 aromatic heterocycles. The van der Waals surface area contributed by atoms with Crippen LogP contribution in [0.2, 0.25) is 0 Å². The number of nitrogens with one attached hydrogen (secondary N) is 1. The van der Waals surface area contributed by atoms with Crippen LogP contribution in [0.5, 0.6) is 0 Å². The van der Waals surface area contributed by atoms with Gasteiger partial charge in [0.05, 0.1) is 5.69 Å². The van der Waals surface area contributed by atoms with Gasteiger partial charge in [0.2, 0.25) is 0 Å². The lowest BCUT2D eigenvalue weighted by atomic mass is 10.1. The van der Waals surface area contributed by atoms with Crippen LogP contribution in [0, 0.1) is 13.8 Å². The first-order chi connectivity index (χ1) is 11.2. The maximum atomic E-state index is 4.63. The molecular formula is C19H22N4. The standard InChI is InChI=1S/C19H22N4/c1-13-8-14(2)23-12-21-18(19(23)22-13)11-20-10-15-6-7-16-4-3-5-17(16)9-15/h6-9,12,20H,3-5,10-11H2,1-2H3. The number of fused-ring (bicyclic) bond motifs is 2. The summed E-state index contributed by atoms with van der Waals surface area (Å²) in [5.74, 6) is 0. The summed E-state index contributed by atoms with van der Waals surface area (Å²) in [4.78, 5) is 9.15. The fourth-order valence-corrected chi connectivity index (χ4v) is 3.51. The molecule has 118 valence electrons. The van der Waals surface area contributed by atoms with Crippen molar-refractivity contribution >= 4 is 5.65 Å². The first kappa shape index (κ1) is 14.4. The van der Waals surface area contributed by atoms with Gasteiger partial charge in [-0.25, -0.2) is 9.97 Å². The monoisotopic (exact) mass is 306 g/mol. The van der Waals surface area contributed by atoms with E-state index in [1.54, 1.807) is 0 Å². The molecule has 0 spiro atoms. The van der Waals surface area contributed by atoms with E-state index in [-0.39, 0.29) is 0 Å². The lowest BCUT2D eigenvalue weighted by Crippen LogP contribution is -2.13. The molecule has 1 N–H and O–H groups in total. The van der Waals surface area contributed by atoms with Gasteiger partial charge in [-0.05, 0) is 55.9 Å². The molecule has 3 aromatic rings. The van der Waals surface area contributed by atoms with Crippen molar-refractivity contribution in [2.75, 3.05) is 0 Å². The van der Waals surface area contributed by atoms with Crippen molar-refractivity contribution in [1.29, 1.82) is 0 Å². The molecule has 1 aliphatic carbocycles. The maximum Gasteiger partial charge on any atom is 0.161 e. The Morgan fingerprint density at radius 2 is 1.96 bits per heavy atom. The van der Waals surface area contributed by atoms with E-state index in [4.69, 9.17) is 0 Å². The summed E-state index contributed by atoms with van der Waals surface area (Å²) in [6, 6.07) is 8.97. The van der Waals surface area contributed by atoms with Crippen LogP contribution in [0.15, 0.2) is 30.6 Å². The predicted molar refractivity (Wildman–Crippen MR) is 91.5 cm³/mol. The minimum atomic E-state index is 0.740. The molecule has 0 saturated heterocycles. The van der Waals surface area contributed by atoms with Gasteiger partial charge in [-0.2, -0.15) is 0 Å². The summed E-state index contributed by atoms with van der Waals surface area (Å²) in [7, 11) is 0. The van der Waals surface area contributed by atoms with Gasteiger partial charge in [0.1, 0.15) is 6.33 Å². The van der Waals surface area contributed by atoms with Crippen molar-refractivity contribution < 1.29 is 0 Å². The minimum absolute atomic E-state index is 0.740. The molecule has 2 heterocycles. The quantitative estimate of drug-likeness (QED) is 0.805. The zero-order valence-corrected chi connectivity index (χ0v) is 13.8. The molecule has 0 unspecified atom stereocenters. The Bertz CT molecular complexity index is 863. The highest BCUT2D eigenvalue weighted by atomic mass is 15.1. The number of hydrogen-bond acceptors (Lipinski definition) is 3. The van der Waals surface area contributed by atoms with Crippen molar-refractivity contribution in [2.45, 2.75) is 46.2 Å². The summed E-state index contributed by atoms with van der Waals surface area (Å²) >= 11 is 0. The lowest BCUT2D eigenvalue weighted by Gasteiger charge is -2.07. The van der Waals surface area contributed by atoms with Gasteiger partial charge in [-0.3, -0.25) is 4.40 Å². The number of hydrogen-bond donors (Lipinski definition) is 1. The van der Waals surface area contributed by atoms with Crippen LogP contribution in [0.25, 0.3) is 5.65 Å². The van der Waals surface area contributed by atoms with Gasteiger partial charge in [0.25, 0.3) is 0 Å². The van der Waals surface area contributed by atoms with Crippen LogP contribution in [0.1, 0.15) is 40.2 Å². The van der Waals surface area contributed by atoms with E-state index in [0.717, 1.165) is 30.1 Å². The number of imidazole rings is 1. The van der Waals surface area contributed by atoms with Crippen molar-refractivity contribution in [3.05, 3.63) is 64.4 Å². The largest absolute Gasteiger partial charge is 0.307 e. The van der Waals surface area contributed by atoms with E-state index >= 15 is 0 Å². The van der Waals surface area contributed by atoms with Crippen LogP contribution >= 0.6 is 0 Å². The molecule has 23 heavy (non-hydrogen) atoms. The molecule has 0 fully saturated rings. The van der Waals surface area contributed by atoms with Crippen molar-refractivity contribution in [1.82, 2.24) is 19.7 Å². The SMILES string of the molecule is Cc1cc(C)n2cnc(CNCc3ccc4c(c3)CCC4)c2n1. The van der Waals surface area contributed by atoms with Crippen LogP contribution in [-0.4, -0.2) is 14.4 Å². The summed E-state index contributed by atoms with van der Waals surface area (Å²) in [5.41, 5.74) is 8.60. The van der Waals surface area contributed by atoms with E-state index in [1.165, 1.54) is 41.6 Å². The molecule has 1 aromatic carbocycles. The second kappa shape index (κ2) is 5.78. The summed E-state index contributed by atoms with van der Waals surface area (Å²) in [5, 5.41) is 3.51. The molecule has 0 atom stereocenters. The number of benzene rings is 1. The van der Waals surface area contributed by atoms with Gasteiger partial charge < -0.3 is 5.32 Å². The van der Waals surface area contributed by atoms with Gasteiger partial charge in [-0.15, -0.1) is 0 Å². The fourth-order valence-electron chi connectivity index (χ4n) is 3.51. The molecule has 0 saturated carbocycles. The van der Waals surface area contributed by atoms with E-state index in [9.17, 15) is 0 Å². The average molecular weight is 306 g/mol. The lowest BCUT2D eigenvalue weighted by molar-refractivity contribution is 0.684. The first-order valence-corrected chi connectivity index (χ1v) is 8.32.